The van der Waals surface area contributed by atoms with Gasteiger partial charge in [-0.1, -0.05) is 37.3 Å². The Bertz CT molecular complexity index is 766. The van der Waals surface area contributed by atoms with E-state index in [1.807, 2.05) is 30.3 Å². The summed E-state index contributed by atoms with van der Waals surface area (Å²) in [7, 11) is -3.22. The Morgan fingerprint density at radius 3 is 2.24 bits per heavy atom. The van der Waals surface area contributed by atoms with E-state index < -0.39 is 15.4 Å². The molecule has 7 heteroatoms. The van der Waals surface area contributed by atoms with Gasteiger partial charge in [0.1, 0.15) is 0 Å². The highest BCUT2D eigenvalue weighted by Gasteiger charge is 2.45. The first-order valence-electron chi connectivity index (χ1n) is 11.0. The van der Waals surface area contributed by atoms with Gasteiger partial charge in [0.2, 0.25) is 15.9 Å². The largest absolute Gasteiger partial charge is 0.352 e. The van der Waals surface area contributed by atoms with Crippen molar-refractivity contribution < 1.29 is 13.2 Å². The number of nitrogens with one attached hydrogen (secondary N) is 1. The Balaban J connectivity index is 1.73. The molecular weight excluding hydrogens is 386 g/mol. The molecule has 2 aliphatic heterocycles. The second kappa shape index (κ2) is 9.58. The van der Waals surface area contributed by atoms with E-state index >= 15 is 0 Å². The molecule has 0 bridgehead atoms. The van der Waals surface area contributed by atoms with Crippen LogP contribution in [-0.4, -0.2) is 68.0 Å². The molecule has 0 radical (unpaired) electrons. The van der Waals surface area contributed by atoms with Crippen molar-refractivity contribution in [2.75, 3.05) is 38.5 Å². The van der Waals surface area contributed by atoms with Gasteiger partial charge >= 0.3 is 0 Å². The Hall–Kier alpha value is -1.44. The lowest BCUT2D eigenvalue weighted by molar-refractivity contribution is -0.129. The molecule has 0 spiro atoms. The minimum absolute atomic E-state index is 0.0613. The molecule has 162 valence electrons. The highest BCUT2D eigenvalue weighted by Crippen LogP contribution is 2.37. The maximum atomic E-state index is 13.5. The third kappa shape index (κ3) is 5.01. The van der Waals surface area contributed by atoms with Crippen molar-refractivity contribution in [2.45, 2.75) is 57.4 Å². The zero-order valence-electron chi connectivity index (χ0n) is 17.8. The van der Waals surface area contributed by atoms with E-state index in [2.05, 4.69) is 17.1 Å². The fourth-order valence-electron chi connectivity index (χ4n) is 4.67. The number of carbonyl (C=O) groups is 1. The van der Waals surface area contributed by atoms with Gasteiger partial charge in [-0.2, -0.15) is 0 Å². The van der Waals surface area contributed by atoms with E-state index in [4.69, 9.17) is 0 Å². The van der Waals surface area contributed by atoms with Crippen LogP contribution < -0.4 is 5.32 Å². The number of benzene rings is 1. The van der Waals surface area contributed by atoms with Crippen LogP contribution in [0.4, 0.5) is 0 Å². The summed E-state index contributed by atoms with van der Waals surface area (Å²) in [5.41, 5.74) is 0.344. The second-order valence-corrected chi connectivity index (χ2v) is 10.6. The SMILES string of the molecule is CCCN1CCC(NC(=O)C2(c3ccccc3)CCN(S(=O)(=O)CC)CC2)CC1. The van der Waals surface area contributed by atoms with Gasteiger partial charge in [0.15, 0.2) is 0 Å². The topological polar surface area (TPSA) is 69.7 Å². The average Bonchev–Trinajstić information content (AvgIpc) is 2.76. The number of nitrogens with zero attached hydrogens (tertiary/aromatic N) is 2. The number of hydrogen-bond acceptors (Lipinski definition) is 4. The molecule has 0 saturated carbocycles. The monoisotopic (exact) mass is 421 g/mol. The molecule has 0 aromatic heterocycles. The van der Waals surface area contributed by atoms with Crippen LogP contribution in [0.2, 0.25) is 0 Å². The lowest BCUT2D eigenvalue weighted by Gasteiger charge is -2.42. The van der Waals surface area contributed by atoms with Crippen LogP contribution in [0.25, 0.3) is 0 Å². The van der Waals surface area contributed by atoms with Crippen molar-refractivity contribution in [2.24, 2.45) is 0 Å². The van der Waals surface area contributed by atoms with Crippen LogP contribution >= 0.6 is 0 Å². The molecule has 0 atom stereocenters. The summed E-state index contributed by atoms with van der Waals surface area (Å²) < 4.78 is 26.1. The molecule has 3 rings (SSSR count). The molecule has 2 aliphatic rings. The molecule has 2 fully saturated rings. The normalized spacial score (nSPS) is 21.7. The molecule has 1 N–H and O–H groups in total. The van der Waals surface area contributed by atoms with E-state index in [1.165, 1.54) is 0 Å². The van der Waals surface area contributed by atoms with E-state index in [1.54, 1.807) is 11.2 Å². The summed E-state index contributed by atoms with van der Waals surface area (Å²) in [6.45, 7) is 7.84. The zero-order valence-corrected chi connectivity index (χ0v) is 18.6. The molecule has 1 amide bonds. The number of piperidine rings is 2. The Kier molecular flexibility index (Phi) is 7.35. The average molecular weight is 422 g/mol. The highest BCUT2D eigenvalue weighted by molar-refractivity contribution is 7.89. The van der Waals surface area contributed by atoms with E-state index in [-0.39, 0.29) is 17.7 Å². The molecule has 0 unspecified atom stereocenters. The first-order valence-corrected chi connectivity index (χ1v) is 12.6. The molecule has 6 nitrogen and oxygen atoms in total. The third-order valence-corrected chi connectivity index (χ3v) is 8.44. The standard InChI is InChI=1S/C22H35N3O3S/c1-3-14-24-15-10-20(11-16-24)23-21(26)22(19-8-6-5-7-9-19)12-17-25(18-13-22)29(27,28)4-2/h5-9,20H,3-4,10-18H2,1-2H3,(H,23,26). The second-order valence-electron chi connectivity index (χ2n) is 8.34. The Morgan fingerprint density at radius 2 is 1.69 bits per heavy atom. The van der Waals surface area contributed by atoms with Crippen molar-refractivity contribution in [3.63, 3.8) is 0 Å². The van der Waals surface area contributed by atoms with Gasteiger partial charge in [0, 0.05) is 32.2 Å². The number of amides is 1. The van der Waals surface area contributed by atoms with E-state index in [0.717, 1.165) is 44.5 Å². The van der Waals surface area contributed by atoms with Crippen molar-refractivity contribution in [3.8, 4) is 0 Å². The Labute approximate surface area is 175 Å². The van der Waals surface area contributed by atoms with Gasteiger partial charge in [0.05, 0.1) is 11.2 Å². The summed E-state index contributed by atoms with van der Waals surface area (Å²) in [6.07, 6.45) is 4.17. The van der Waals surface area contributed by atoms with Crippen molar-refractivity contribution in [1.29, 1.82) is 0 Å². The maximum Gasteiger partial charge on any atom is 0.230 e. The number of hydrogen-bond donors (Lipinski definition) is 1. The number of likely N-dealkylation sites (tertiary alicyclic amines) is 1. The third-order valence-electron chi connectivity index (χ3n) is 6.56. The van der Waals surface area contributed by atoms with Crippen LogP contribution in [0.5, 0.6) is 0 Å². The summed E-state index contributed by atoms with van der Waals surface area (Å²) in [6, 6.07) is 10.1. The van der Waals surface area contributed by atoms with Crippen LogP contribution in [-0.2, 0) is 20.2 Å². The van der Waals surface area contributed by atoms with Gasteiger partial charge < -0.3 is 10.2 Å². The Morgan fingerprint density at radius 1 is 1.07 bits per heavy atom. The molecular formula is C22H35N3O3S. The van der Waals surface area contributed by atoms with E-state index in [0.29, 0.717) is 25.9 Å². The van der Waals surface area contributed by atoms with E-state index in [9.17, 15) is 13.2 Å². The van der Waals surface area contributed by atoms with Gasteiger partial charge in [-0.25, -0.2) is 12.7 Å². The predicted octanol–water partition coefficient (Wildman–Crippen LogP) is 2.36. The highest BCUT2D eigenvalue weighted by atomic mass is 32.2. The van der Waals surface area contributed by atoms with Crippen LogP contribution in [0, 0.1) is 0 Å². The molecule has 1 aromatic carbocycles. The molecule has 0 aliphatic carbocycles. The zero-order chi connectivity index (χ0) is 20.9. The number of sulfonamides is 1. The quantitative estimate of drug-likeness (QED) is 0.734. The molecule has 1 aromatic rings. The van der Waals surface area contributed by atoms with Crippen LogP contribution in [0.1, 0.15) is 51.5 Å². The van der Waals surface area contributed by atoms with Crippen molar-refractivity contribution in [1.82, 2.24) is 14.5 Å². The summed E-state index contributed by atoms with van der Waals surface area (Å²) in [4.78, 5) is 16.0. The van der Waals surface area contributed by atoms with Gasteiger partial charge in [0.25, 0.3) is 0 Å². The summed E-state index contributed by atoms with van der Waals surface area (Å²) in [5.74, 6) is 0.166. The first-order chi connectivity index (χ1) is 13.9. The van der Waals surface area contributed by atoms with Crippen LogP contribution in [0.15, 0.2) is 30.3 Å². The van der Waals surface area contributed by atoms with Gasteiger partial charge in [-0.3, -0.25) is 4.79 Å². The first kappa shape index (κ1) is 22.2. The lowest BCUT2D eigenvalue weighted by Crippen LogP contribution is -2.56. The maximum absolute atomic E-state index is 13.5. The molecule has 29 heavy (non-hydrogen) atoms. The minimum Gasteiger partial charge on any atom is -0.352 e. The van der Waals surface area contributed by atoms with Crippen molar-refractivity contribution >= 4 is 15.9 Å². The number of carbonyl (C=O) groups excluding carboxylic acids is 1. The fraction of sp³-hybridized carbons (Fsp3) is 0.682. The molecule has 2 saturated heterocycles. The summed E-state index contributed by atoms with van der Waals surface area (Å²) >= 11 is 0. The van der Waals surface area contributed by atoms with Gasteiger partial charge in [-0.05, 0) is 51.1 Å². The smallest absolute Gasteiger partial charge is 0.230 e. The molecule has 2 heterocycles. The fourth-order valence-corrected chi connectivity index (χ4v) is 5.78. The van der Waals surface area contributed by atoms with Gasteiger partial charge in [-0.15, -0.1) is 0 Å². The lowest BCUT2D eigenvalue weighted by atomic mass is 9.72. The number of rotatable bonds is 7. The predicted molar refractivity (Wildman–Crippen MR) is 116 cm³/mol. The van der Waals surface area contributed by atoms with Crippen LogP contribution in [0.3, 0.4) is 0 Å². The summed E-state index contributed by atoms with van der Waals surface area (Å²) in [5, 5.41) is 3.32. The minimum atomic E-state index is -3.22. The van der Waals surface area contributed by atoms with Crippen molar-refractivity contribution in [3.05, 3.63) is 35.9 Å².